The first-order valence-corrected chi connectivity index (χ1v) is 7.47. The summed E-state index contributed by atoms with van der Waals surface area (Å²) in [6.07, 6.45) is 1.20. The van der Waals surface area contributed by atoms with Crippen molar-refractivity contribution >= 4 is 11.7 Å². The first-order valence-electron chi connectivity index (χ1n) is 7.47. The summed E-state index contributed by atoms with van der Waals surface area (Å²) in [4.78, 5) is 27.1. The number of piperazine rings is 1. The zero-order valence-corrected chi connectivity index (χ0v) is 13.4. The van der Waals surface area contributed by atoms with Crippen LogP contribution >= 0.6 is 0 Å². The van der Waals surface area contributed by atoms with Gasteiger partial charge in [0.25, 0.3) is 0 Å². The average molecular weight is 283 g/mol. The molecule has 1 aliphatic heterocycles. The number of nitrogens with one attached hydrogen (secondary N) is 1. The van der Waals surface area contributed by atoms with E-state index in [2.05, 4.69) is 35.9 Å². The lowest BCUT2D eigenvalue weighted by atomic mass is 9.92. The van der Waals surface area contributed by atoms with Crippen molar-refractivity contribution in [3.8, 4) is 0 Å². The van der Waals surface area contributed by atoms with Crippen LogP contribution in [0.3, 0.4) is 0 Å². The molecule has 1 N–H and O–H groups in total. The van der Waals surface area contributed by atoms with Gasteiger partial charge in [-0.15, -0.1) is 0 Å². The number of ketones is 1. The maximum atomic E-state index is 11.6. The Balaban J connectivity index is 2.18. The number of amides is 1. The van der Waals surface area contributed by atoms with Gasteiger partial charge in [-0.25, -0.2) is 0 Å². The van der Waals surface area contributed by atoms with Crippen LogP contribution in [0.1, 0.15) is 34.1 Å². The molecular formula is C15H29N3O2. The average Bonchev–Trinajstić information content (AvgIpc) is 2.34. The number of carbonyl (C=O) groups excluding carboxylic acids is 2. The van der Waals surface area contributed by atoms with Gasteiger partial charge in [0.1, 0.15) is 5.78 Å². The van der Waals surface area contributed by atoms with Gasteiger partial charge in [0.15, 0.2) is 0 Å². The molecule has 1 aliphatic rings. The Hall–Kier alpha value is -0.940. The third-order valence-corrected chi connectivity index (χ3v) is 3.54. The molecule has 1 fully saturated rings. The standard InChI is InChI=1S/C15H29N3O2/c1-13(19)11-16-14(20)12-18-9-7-17(8-10-18)6-5-15(2,3)4/h5-12H2,1-4H3,(H,16,20). The van der Waals surface area contributed by atoms with Gasteiger partial charge < -0.3 is 10.2 Å². The van der Waals surface area contributed by atoms with E-state index in [1.54, 1.807) is 0 Å². The van der Waals surface area contributed by atoms with Crippen LogP contribution in [0.4, 0.5) is 0 Å². The molecule has 0 bridgehead atoms. The van der Waals surface area contributed by atoms with Crippen molar-refractivity contribution in [3.63, 3.8) is 0 Å². The van der Waals surface area contributed by atoms with E-state index < -0.39 is 0 Å². The smallest absolute Gasteiger partial charge is 0.234 e. The summed E-state index contributed by atoms with van der Waals surface area (Å²) < 4.78 is 0. The Bertz CT molecular complexity index is 329. The summed E-state index contributed by atoms with van der Waals surface area (Å²) in [7, 11) is 0. The van der Waals surface area contributed by atoms with Crippen LogP contribution < -0.4 is 5.32 Å². The summed E-state index contributed by atoms with van der Waals surface area (Å²) in [6, 6.07) is 0. The molecule has 1 saturated heterocycles. The highest BCUT2D eigenvalue weighted by molar-refractivity contribution is 5.85. The first-order chi connectivity index (χ1) is 9.26. The molecule has 0 aromatic carbocycles. The van der Waals surface area contributed by atoms with Crippen molar-refractivity contribution in [2.45, 2.75) is 34.1 Å². The van der Waals surface area contributed by atoms with Crippen molar-refractivity contribution < 1.29 is 9.59 Å². The molecule has 116 valence electrons. The SMILES string of the molecule is CC(=O)CNC(=O)CN1CCN(CCC(C)(C)C)CC1. The molecule has 0 atom stereocenters. The second-order valence-electron chi connectivity index (χ2n) is 6.91. The molecule has 0 spiro atoms. The van der Waals surface area contributed by atoms with E-state index in [-0.39, 0.29) is 18.2 Å². The number of carbonyl (C=O) groups is 2. The van der Waals surface area contributed by atoms with Gasteiger partial charge in [-0.1, -0.05) is 20.8 Å². The van der Waals surface area contributed by atoms with Crippen molar-refractivity contribution in [1.82, 2.24) is 15.1 Å². The molecule has 0 saturated carbocycles. The minimum absolute atomic E-state index is 0.00894. The van der Waals surface area contributed by atoms with Crippen molar-refractivity contribution in [1.29, 1.82) is 0 Å². The van der Waals surface area contributed by atoms with Gasteiger partial charge in [-0.3, -0.25) is 14.5 Å². The van der Waals surface area contributed by atoms with E-state index in [0.717, 1.165) is 32.7 Å². The molecule has 1 heterocycles. The number of hydrogen-bond acceptors (Lipinski definition) is 4. The van der Waals surface area contributed by atoms with Crippen LogP contribution in [-0.4, -0.2) is 67.3 Å². The molecule has 0 unspecified atom stereocenters. The highest BCUT2D eigenvalue weighted by Gasteiger charge is 2.20. The van der Waals surface area contributed by atoms with Crippen molar-refractivity contribution in [2.24, 2.45) is 5.41 Å². The van der Waals surface area contributed by atoms with Crippen LogP contribution in [0.2, 0.25) is 0 Å². The van der Waals surface area contributed by atoms with E-state index >= 15 is 0 Å². The van der Waals surface area contributed by atoms with Gasteiger partial charge in [-0.05, 0) is 25.3 Å². The van der Waals surface area contributed by atoms with Gasteiger partial charge in [0, 0.05) is 26.2 Å². The largest absolute Gasteiger partial charge is 0.348 e. The third kappa shape index (κ3) is 7.60. The normalized spacial score (nSPS) is 18.0. The van der Waals surface area contributed by atoms with E-state index in [9.17, 15) is 9.59 Å². The van der Waals surface area contributed by atoms with E-state index in [1.807, 2.05) is 0 Å². The molecule has 0 aromatic heterocycles. The number of rotatable bonds is 6. The lowest BCUT2D eigenvalue weighted by Gasteiger charge is -2.35. The number of hydrogen-bond donors (Lipinski definition) is 1. The maximum absolute atomic E-state index is 11.6. The Morgan fingerprint density at radius 3 is 2.10 bits per heavy atom. The Morgan fingerprint density at radius 2 is 1.60 bits per heavy atom. The fraction of sp³-hybridized carbons (Fsp3) is 0.867. The van der Waals surface area contributed by atoms with E-state index in [0.29, 0.717) is 12.0 Å². The fourth-order valence-electron chi connectivity index (χ4n) is 2.15. The minimum Gasteiger partial charge on any atom is -0.348 e. The molecule has 5 heteroatoms. The van der Waals surface area contributed by atoms with Crippen molar-refractivity contribution in [3.05, 3.63) is 0 Å². The molecule has 20 heavy (non-hydrogen) atoms. The highest BCUT2D eigenvalue weighted by atomic mass is 16.2. The Kier molecular flexibility index (Phi) is 6.62. The van der Waals surface area contributed by atoms with Crippen molar-refractivity contribution in [2.75, 3.05) is 45.8 Å². The minimum atomic E-state index is -0.0525. The number of nitrogens with zero attached hydrogens (tertiary/aromatic N) is 2. The third-order valence-electron chi connectivity index (χ3n) is 3.54. The summed E-state index contributed by atoms with van der Waals surface area (Å²) in [5, 5.41) is 2.64. The Labute approximate surface area is 122 Å². The second-order valence-corrected chi connectivity index (χ2v) is 6.91. The lowest BCUT2D eigenvalue weighted by molar-refractivity contribution is -0.125. The van der Waals surface area contributed by atoms with Gasteiger partial charge in [-0.2, -0.15) is 0 Å². The Morgan fingerprint density at radius 1 is 1.05 bits per heavy atom. The first kappa shape index (κ1) is 17.1. The predicted octanol–water partition coefficient (Wildman–Crippen LogP) is 0.745. The summed E-state index contributed by atoms with van der Waals surface area (Å²) in [6.45, 7) is 13.9. The topological polar surface area (TPSA) is 52.7 Å². The molecule has 0 radical (unpaired) electrons. The molecule has 0 aliphatic carbocycles. The quantitative estimate of drug-likeness (QED) is 0.781. The molecule has 5 nitrogen and oxygen atoms in total. The lowest BCUT2D eigenvalue weighted by Crippen LogP contribution is -2.50. The summed E-state index contributed by atoms with van der Waals surface area (Å²) >= 11 is 0. The zero-order chi connectivity index (χ0) is 15.2. The summed E-state index contributed by atoms with van der Waals surface area (Å²) in [5.41, 5.74) is 0.379. The predicted molar refractivity (Wildman–Crippen MR) is 80.6 cm³/mol. The van der Waals surface area contributed by atoms with Crippen LogP contribution in [0.25, 0.3) is 0 Å². The molecule has 0 aromatic rings. The van der Waals surface area contributed by atoms with Crippen LogP contribution in [0.5, 0.6) is 0 Å². The monoisotopic (exact) mass is 283 g/mol. The molecule has 1 amide bonds. The molecular weight excluding hydrogens is 254 g/mol. The zero-order valence-electron chi connectivity index (χ0n) is 13.4. The van der Waals surface area contributed by atoms with E-state index in [1.165, 1.54) is 13.3 Å². The van der Waals surface area contributed by atoms with Crippen LogP contribution in [0, 0.1) is 5.41 Å². The van der Waals surface area contributed by atoms with Crippen LogP contribution in [0.15, 0.2) is 0 Å². The van der Waals surface area contributed by atoms with Gasteiger partial charge in [0.2, 0.25) is 5.91 Å². The summed E-state index contributed by atoms with van der Waals surface area (Å²) in [5.74, 6) is -0.0614. The van der Waals surface area contributed by atoms with Crippen LogP contribution in [-0.2, 0) is 9.59 Å². The number of Topliss-reactive ketones (excluding diaryl/α,β-unsaturated/α-hetero) is 1. The molecule has 1 rings (SSSR count). The second kappa shape index (κ2) is 7.74. The maximum Gasteiger partial charge on any atom is 0.234 e. The van der Waals surface area contributed by atoms with Gasteiger partial charge >= 0.3 is 0 Å². The van der Waals surface area contributed by atoms with E-state index in [4.69, 9.17) is 0 Å². The highest BCUT2D eigenvalue weighted by Crippen LogP contribution is 2.19. The fourth-order valence-corrected chi connectivity index (χ4v) is 2.15. The van der Waals surface area contributed by atoms with Gasteiger partial charge in [0.05, 0.1) is 13.1 Å².